The molecule has 286 valence electrons. The third-order valence-corrected chi connectivity index (χ3v) is 10.8. The van der Waals surface area contributed by atoms with E-state index in [1.807, 2.05) is 109 Å². The quantitative estimate of drug-likeness (QED) is 0.0884. The average molecular weight is 750 g/mol. The summed E-state index contributed by atoms with van der Waals surface area (Å²) < 4.78 is 6.04. The zero-order valence-corrected chi connectivity index (χ0v) is 31.2. The second-order valence-corrected chi connectivity index (χ2v) is 14.3. The van der Waals surface area contributed by atoms with Crippen LogP contribution in [0.25, 0.3) is 10.9 Å². The number of nitrogens with zero attached hydrogens (tertiary/aromatic N) is 1. The van der Waals surface area contributed by atoms with Gasteiger partial charge in [-0.15, -0.1) is 0 Å². The molecular formula is C46H47N5O5. The lowest BCUT2D eigenvalue weighted by Gasteiger charge is -2.37. The summed E-state index contributed by atoms with van der Waals surface area (Å²) in [7, 11) is 0. The second-order valence-electron chi connectivity index (χ2n) is 14.3. The van der Waals surface area contributed by atoms with Crippen LogP contribution in [-0.4, -0.2) is 59.5 Å². The van der Waals surface area contributed by atoms with E-state index in [0.29, 0.717) is 60.6 Å². The zero-order valence-electron chi connectivity index (χ0n) is 31.2. The highest BCUT2D eigenvalue weighted by Crippen LogP contribution is 2.43. The maximum Gasteiger partial charge on any atom is 0.251 e. The first-order valence-electron chi connectivity index (χ1n) is 19.0. The van der Waals surface area contributed by atoms with Gasteiger partial charge in [0.1, 0.15) is 17.8 Å². The van der Waals surface area contributed by atoms with E-state index >= 15 is 0 Å². The smallest absolute Gasteiger partial charge is 0.251 e. The first-order chi connectivity index (χ1) is 27.3. The number of aliphatic hydroxyl groups is 1. The summed E-state index contributed by atoms with van der Waals surface area (Å²) in [6.45, 7) is 3.71. The van der Waals surface area contributed by atoms with Gasteiger partial charge in [0.05, 0.1) is 11.6 Å². The first kappa shape index (κ1) is 38.2. The number of nitrogens with two attached hydrogens (primary N) is 1. The first-order valence-corrected chi connectivity index (χ1v) is 19.0. The Bertz CT molecular complexity index is 2260. The number of aromatic nitrogens is 1. The van der Waals surface area contributed by atoms with E-state index in [0.717, 1.165) is 35.2 Å². The molecule has 5 aromatic carbocycles. The molecule has 2 atom stereocenters. The van der Waals surface area contributed by atoms with E-state index in [1.54, 1.807) is 24.3 Å². The molecule has 2 amide bonds. The molecule has 0 spiro atoms. The number of likely N-dealkylation sites (tertiary alicyclic amines) is 1. The van der Waals surface area contributed by atoms with Crippen molar-refractivity contribution in [2.75, 3.05) is 32.7 Å². The van der Waals surface area contributed by atoms with Gasteiger partial charge in [-0.25, -0.2) is 0 Å². The second kappa shape index (κ2) is 17.6. The van der Waals surface area contributed by atoms with Crippen molar-refractivity contribution in [2.45, 2.75) is 31.1 Å². The van der Waals surface area contributed by atoms with Crippen molar-refractivity contribution in [3.8, 4) is 5.75 Å². The molecule has 0 aliphatic carbocycles. The fourth-order valence-corrected chi connectivity index (χ4v) is 7.98. The highest BCUT2D eigenvalue weighted by molar-refractivity contribution is 5.94. The number of carbonyl (C=O) groups is 2. The minimum Gasteiger partial charge on any atom is -0.487 e. The molecule has 56 heavy (non-hydrogen) atoms. The summed E-state index contributed by atoms with van der Waals surface area (Å²) in [5.74, 6) is 0.00989. The number of H-pyrrole nitrogens is 1. The Labute approximate surface area is 326 Å². The molecular weight excluding hydrogens is 703 g/mol. The Hall–Kier alpha value is -6.07. The van der Waals surface area contributed by atoms with Crippen LogP contribution in [-0.2, 0) is 23.4 Å². The number of ether oxygens (including phenoxy) is 1. The third kappa shape index (κ3) is 8.43. The summed E-state index contributed by atoms with van der Waals surface area (Å²) >= 11 is 0. The number of benzene rings is 5. The van der Waals surface area contributed by atoms with E-state index in [-0.39, 0.29) is 29.8 Å². The number of aromatic amines is 1. The number of primary amides is 1. The Morgan fingerprint density at radius 1 is 0.839 bits per heavy atom. The van der Waals surface area contributed by atoms with Gasteiger partial charge in [-0.1, -0.05) is 109 Å². The Morgan fingerprint density at radius 3 is 2.16 bits per heavy atom. The number of amides is 2. The van der Waals surface area contributed by atoms with Crippen LogP contribution in [0.1, 0.15) is 50.7 Å². The maximum atomic E-state index is 13.4. The largest absolute Gasteiger partial charge is 0.487 e. The van der Waals surface area contributed by atoms with Crippen LogP contribution >= 0.6 is 0 Å². The third-order valence-electron chi connectivity index (χ3n) is 10.8. The zero-order chi connectivity index (χ0) is 38.9. The summed E-state index contributed by atoms with van der Waals surface area (Å²) in [5, 5.41) is 18.2. The molecule has 6 aromatic rings. The van der Waals surface area contributed by atoms with Gasteiger partial charge in [0.25, 0.3) is 5.91 Å². The number of rotatable bonds is 16. The number of aliphatic hydroxyl groups excluding tert-OH is 1. The lowest BCUT2D eigenvalue weighted by Crippen LogP contribution is -2.49. The van der Waals surface area contributed by atoms with Gasteiger partial charge in [-0.05, 0) is 71.0 Å². The summed E-state index contributed by atoms with van der Waals surface area (Å²) in [4.78, 5) is 43.8. The molecule has 6 N–H and O–H groups in total. The van der Waals surface area contributed by atoms with Crippen LogP contribution in [0, 0.1) is 5.92 Å². The highest BCUT2D eigenvalue weighted by atomic mass is 16.5. The molecule has 1 aliphatic rings. The van der Waals surface area contributed by atoms with Gasteiger partial charge in [0.15, 0.2) is 0 Å². The van der Waals surface area contributed by atoms with E-state index in [1.165, 1.54) is 6.07 Å². The predicted molar refractivity (Wildman–Crippen MR) is 218 cm³/mol. The number of carbonyl (C=O) groups excluding carboxylic acids is 2. The lowest BCUT2D eigenvalue weighted by atomic mass is 9.64. The molecule has 0 unspecified atom stereocenters. The maximum absolute atomic E-state index is 13.4. The van der Waals surface area contributed by atoms with Crippen LogP contribution < -0.4 is 26.7 Å². The van der Waals surface area contributed by atoms with Crippen LogP contribution in [0.3, 0.4) is 0 Å². The number of fused-ring (bicyclic) bond motifs is 1. The Kier molecular flexibility index (Phi) is 12.0. The van der Waals surface area contributed by atoms with E-state index < -0.39 is 11.5 Å². The number of hydrogen-bond donors (Lipinski definition) is 5. The van der Waals surface area contributed by atoms with Crippen molar-refractivity contribution in [1.29, 1.82) is 0 Å². The number of pyridine rings is 1. The van der Waals surface area contributed by atoms with E-state index in [9.17, 15) is 19.5 Å². The summed E-state index contributed by atoms with van der Waals surface area (Å²) in [6, 6.07) is 43.6. The van der Waals surface area contributed by atoms with Crippen LogP contribution in [0.4, 0.5) is 0 Å². The molecule has 0 bridgehead atoms. The monoisotopic (exact) mass is 749 g/mol. The molecule has 7 rings (SSSR count). The van der Waals surface area contributed by atoms with E-state index in [4.69, 9.17) is 10.5 Å². The predicted octanol–water partition coefficient (Wildman–Crippen LogP) is 5.45. The van der Waals surface area contributed by atoms with Crippen molar-refractivity contribution in [3.05, 3.63) is 183 Å². The van der Waals surface area contributed by atoms with Crippen molar-refractivity contribution >= 4 is 22.7 Å². The SMILES string of the molecule is NC(=O)C(c1ccccc1)(c1ccccc1)[C@@H]1CCN(CCNC(=O)c2ccc(CNC[C@H](O)c3ccc(OCc4ccccc4)c4[nH]c(=O)ccc34)cc2)C1. The fourth-order valence-electron chi connectivity index (χ4n) is 7.98. The summed E-state index contributed by atoms with van der Waals surface area (Å²) in [6.07, 6.45) is -0.0347. The number of nitrogens with one attached hydrogen (secondary N) is 3. The number of hydrogen-bond acceptors (Lipinski definition) is 7. The van der Waals surface area contributed by atoms with E-state index in [2.05, 4.69) is 20.5 Å². The molecule has 0 radical (unpaired) electrons. The van der Waals surface area contributed by atoms with Gasteiger partial charge < -0.3 is 36.1 Å². The molecule has 1 aromatic heterocycles. The Balaban J connectivity index is 0.900. The molecule has 10 heteroatoms. The van der Waals surface area contributed by atoms with Gasteiger partial charge in [-0.3, -0.25) is 14.4 Å². The van der Waals surface area contributed by atoms with Gasteiger partial charge >= 0.3 is 0 Å². The molecule has 1 saturated heterocycles. The van der Waals surface area contributed by atoms with Gasteiger partial charge in [-0.2, -0.15) is 0 Å². The fraction of sp³-hybridized carbons (Fsp3) is 0.239. The van der Waals surface area contributed by atoms with Crippen molar-refractivity contribution in [1.82, 2.24) is 20.5 Å². The average Bonchev–Trinajstić information content (AvgIpc) is 3.70. The molecule has 1 aliphatic heterocycles. The standard InChI is InChI=1S/C46H47N5O5/c47-45(55)46(35-12-6-2-7-13-35,36-14-8-3-9-15-36)37-24-26-51(30-37)27-25-49-44(54)34-18-16-32(17-19-34)28-48-29-40(52)38-20-22-41(43-39(38)21-23-42(53)50-43)56-31-33-10-4-1-5-11-33/h1-23,37,40,48,52H,24-31H2,(H2,47,55)(H,49,54)(H,50,53)/t37-,40+/m1/s1. The Morgan fingerprint density at radius 2 is 1.50 bits per heavy atom. The van der Waals surface area contributed by atoms with Crippen molar-refractivity contribution in [3.63, 3.8) is 0 Å². The van der Waals surface area contributed by atoms with Crippen LogP contribution in [0.2, 0.25) is 0 Å². The molecule has 1 fully saturated rings. The minimum atomic E-state index is -0.950. The molecule has 0 saturated carbocycles. The molecule has 2 heterocycles. The highest BCUT2D eigenvalue weighted by Gasteiger charge is 2.49. The topological polar surface area (TPSA) is 150 Å². The minimum absolute atomic E-state index is 0.0158. The van der Waals surface area contributed by atoms with Gasteiger partial charge in [0, 0.05) is 49.7 Å². The van der Waals surface area contributed by atoms with Crippen molar-refractivity contribution in [2.24, 2.45) is 11.7 Å². The van der Waals surface area contributed by atoms with Crippen LogP contribution in [0.15, 0.2) is 144 Å². The normalized spacial score (nSPS) is 15.1. The summed E-state index contributed by atoms with van der Waals surface area (Å²) in [5.41, 5.74) is 10.6. The van der Waals surface area contributed by atoms with Crippen LogP contribution in [0.5, 0.6) is 5.75 Å². The van der Waals surface area contributed by atoms with Gasteiger partial charge in [0.2, 0.25) is 11.5 Å². The lowest BCUT2D eigenvalue weighted by molar-refractivity contribution is -0.123. The van der Waals surface area contributed by atoms with Crippen molar-refractivity contribution < 1.29 is 19.4 Å². The molecule has 10 nitrogen and oxygen atoms in total.